The third-order valence-electron chi connectivity index (χ3n) is 4.20. The second-order valence-corrected chi connectivity index (χ2v) is 7.35. The van der Waals surface area contributed by atoms with Crippen LogP contribution in [0.3, 0.4) is 0 Å². The maximum Gasteiger partial charge on any atom is 0.277 e. The van der Waals surface area contributed by atoms with Crippen molar-refractivity contribution >= 4 is 38.8 Å². The van der Waals surface area contributed by atoms with E-state index in [4.69, 9.17) is 4.74 Å². The van der Waals surface area contributed by atoms with Crippen LogP contribution in [-0.4, -0.2) is 18.7 Å². The maximum absolute atomic E-state index is 12.0. The van der Waals surface area contributed by atoms with E-state index < -0.39 is 0 Å². The largest absolute Gasteiger partial charge is 0.483 e. The summed E-state index contributed by atoms with van der Waals surface area (Å²) in [6.45, 7) is 4.15. The predicted molar refractivity (Wildman–Crippen MR) is 113 cm³/mol. The zero-order valence-corrected chi connectivity index (χ0v) is 16.9. The number of carbonyl (C=O) groups excluding carboxylic acids is 1. The highest BCUT2D eigenvalue weighted by atomic mass is 79.9. The van der Waals surface area contributed by atoms with Crippen LogP contribution >= 0.6 is 15.9 Å². The van der Waals surface area contributed by atoms with Gasteiger partial charge in [0, 0.05) is 5.56 Å². The third-order valence-corrected chi connectivity index (χ3v) is 4.82. The molecule has 1 amide bonds. The molecular weight excluding hydrogens is 404 g/mol. The third kappa shape index (κ3) is 4.95. The first kappa shape index (κ1) is 19.1. The molecule has 0 heterocycles. The Morgan fingerprint density at radius 1 is 1.15 bits per heavy atom. The summed E-state index contributed by atoms with van der Waals surface area (Å²) in [5.41, 5.74) is 4.66. The van der Waals surface area contributed by atoms with Crippen molar-refractivity contribution in [1.29, 1.82) is 0 Å². The van der Waals surface area contributed by atoms with Crippen molar-refractivity contribution in [3.63, 3.8) is 0 Å². The van der Waals surface area contributed by atoms with Gasteiger partial charge in [0.05, 0.1) is 10.7 Å². The lowest BCUT2D eigenvalue weighted by Crippen LogP contribution is -2.24. The highest BCUT2D eigenvalue weighted by Gasteiger charge is 2.07. The minimum absolute atomic E-state index is 0.105. The molecular formula is C22H21BrN2O2. The van der Waals surface area contributed by atoms with E-state index in [0.717, 1.165) is 20.8 Å². The van der Waals surface area contributed by atoms with E-state index in [9.17, 15) is 4.79 Å². The molecule has 3 rings (SSSR count). The Balaban J connectivity index is 1.57. The number of benzene rings is 3. The molecule has 0 unspecified atom stereocenters. The van der Waals surface area contributed by atoms with Crippen molar-refractivity contribution in [2.24, 2.45) is 5.10 Å². The van der Waals surface area contributed by atoms with Crippen LogP contribution in [0.15, 0.2) is 70.2 Å². The van der Waals surface area contributed by atoms with E-state index in [2.05, 4.69) is 40.3 Å². The molecule has 138 valence electrons. The van der Waals surface area contributed by atoms with Gasteiger partial charge in [-0.15, -0.1) is 0 Å². The van der Waals surface area contributed by atoms with Crippen molar-refractivity contribution in [3.8, 4) is 5.75 Å². The summed E-state index contributed by atoms with van der Waals surface area (Å²) in [6.07, 6.45) is 1.65. The molecule has 0 spiro atoms. The standard InChI is InChI=1S/C22H21BrN2O2/c1-15(2)17-10-11-21(20(23)12-17)27-14-22(26)25-24-13-18-8-5-7-16-6-3-4-9-19(16)18/h3-13,15H,14H2,1-2H3,(H,25,26)/b24-13-. The monoisotopic (exact) mass is 424 g/mol. The van der Waals surface area contributed by atoms with Crippen LogP contribution in [0.1, 0.15) is 30.9 Å². The topological polar surface area (TPSA) is 50.7 Å². The van der Waals surface area contributed by atoms with Crippen LogP contribution in [-0.2, 0) is 4.79 Å². The Hall–Kier alpha value is -2.66. The SMILES string of the molecule is CC(C)c1ccc(OCC(=O)N/N=C\c2cccc3ccccc23)c(Br)c1. The van der Waals surface area contributed by atoms with E-state index >= 15 is 0 Å². The van der Waals surface area contributed by atoms with E-state index in [1.807, 2.05) is 60.7 Å². The van der Waals surface area contributed by atoms with Gasteiger partial charge in [-0.25, -0.2) is 5.43 Å². The molecule has 5 heteroatoms. The van der Waals surface area contributed by atoms with E-state index in [1.165, 1.54) is 5.56 Å². The molecule has 0 radical (unpaired) electrons. The molecule has 0 saturated carbocycles. The molecule has 3 aromatic rings. The fourth-order valence-electron chi connectivity index (χ4n) is 2.71. The molecule has 0 aromatic heterocycles. The maximum atomic E-state index is 12.0. The van der Waals surface area contributed by atoms with Gasteiger partial charge in [-0.3, -0.25) is 4.79 Å². The number of fused-ring (bicyclic) bond motifs is 1. The normalized spacial score (nSPS) is 11.3. The zero-order valence-electron chi connectivity index (χ0n) is 15.3. The second-order valence-electron chi connectivity index (χ2n) is 6.49. The zero-order chi connectivity index (χ0) is 19.2. The minimum atomic E-state index is -0.314. The number of ether oxygens (including phenoxy) is 1. The molecule has 0 aliphatic heterocycles. The molecule has 0 fully saturated rings. The number of nitrogens with one attached hydrogen (secondary N) is 1. The van der Waals surface area contributed by atoms with E-state index in [-0.39, 0.29) is 12.5 Å². The molecule has 0 aliphatic carbocycles. The number of hydrogen-bond acceptors (Lipinski definition) is 3. The molecule has 27 heavy (non-hydrogen) atoms. The van der Waals surface area contributed by atoms with Gasteiger partial charge >= 0.3 is 0 Å². The van der Waals surface area contributed by atoms with Crippen molar-refractivity contribution in [1.82, 2.24) is 5.43 Å². The lowest BCUT2D eigenvalue weighted by Gasteiger charge is -2.10. The molecule has 1 N–H and O–H groups in total. The number of hydrazone groups is 1. The lowest BCUT2D eigenvalue weighted by molar-refractivity contribution is -0.123. The van der Waals surface area contributed by atoms with Crippen LogP contribution in [0.4, 0.5) is 0 Å². The van der Waals surface area contributed by atoms with Crippen molar-refractivity contribution in [3.05, 3.63) is 76.3 Å². The van der Waals surface area contributed by atoms with Crippen molar-refractivity contribution in [2.45, 2.75) is 19.8 Å². The highest BCUT2D eigenvalue weighted by Crippen LogP contribution is 2.28. The summed E-state index contributed by atoms with van der Waals surface area (Å²) >= 11 is 3.49. The van der Waals surface area contributed by atoms with Crippen LogP contribution in [0, 0.1) is 0 Å². The summed E-state index contributed by atoms with van der Waals surface area (Å²) in [7, 11) is 0. The average Bonchev–Trinajstić information content (AvgIpc) is 2.67. The summed E-state index contributed by atoms with van der Waals surface area (Å²) in [4.78, 5) is 12.0. The highest BCUT2D eigenvalue weighted by molar-refractivity contribution is 9.10. The first-order valence-electron chi connectivity index (χ1n) is 8.76. The number of nitrogens with zero attached hydrogens (tertiary/aromatic N) is 1. The van der Waals surface area contributed by atoms with Crippen LogP contribution in [0.2, 0.25) is 0 Å². The van der Waals surface area contributed by atoms with Gasteiger partial charge in [-0.05, 0) is 50.3 Å². The Bertz CT molecular complexity index is 978. The summed E-state index contributed by atoms with van der Waals surface area (Å²) in [6, 6.07) is 19.9. The van der Waals surface area contributed by atoms with Gasteiger partial charge in [0.25, 0.3) is 5.91 Å². The molecule has 4 nitrogen and oxygen atoms in total. The molecule has 3 aromatic carbocycles. The fourth-order valence-corrected chi connectivity index (χ4v) is 3.22. The molecule has 0 atom stereocenters. The number of hydrogen-bond donors (Lipinski definition) is 1. The molecule has 0 bridgehead atoms. The molecule has 0 saturated heterocycles. The lowest BCUT2D eigenvalue weighted by atomic mass is 10.0. The van der Waals surface area contributed by atoms with Gasteiger partial charge in [-0.2, -0.15) is 5.10 Å². The van der Waals surface area contributed by atoms with Crippen molar-refractivity contribution < 1.29 is 9.53 Å². The average molecular weight is 425 g/mol. The van der Waals surface area contributed by atoms with Crippen LogP contribution < -0.4 is 10.2 Å². The van der Waals surface area contributed by atoms with Crippen LogP contribution in [0.25, 0.3) is 10.8 Å². The van der Waals surface area contributed by atoms with E-state index in [1.54, 1.807) is 6.21 Å². The Labute approximate surface area is 167 Å². The van der Waals surface area contributed by atoms with Gasteiger partial charge in [-0.1, -0.05) is 62.4 Å². The number of carbonyl (C=O) groups is 1. The smallest absolute Gasteiger partial charge is 0.277 e. The second kappa shape index (κ2) is 8.82. The van der Waals surface area contributed by atoms with Crippen LogP contribution in [0.5, 0.6) is 5.75 Å². The first-order valence-corrected chi connectivity index (χ1v) is 9.56. The fraction of sp³-hybridized carbons (Fsp3) is 0.182. The van der Waals surface area contributed by atoms with E-state index in [0.29, 0.717) is 11.7 Å². The summed E-state index contributed by atoms with van der Waals surface area (Å²) in [5, 5.41) is 6.26. The Morgan fingerprint density at radius 2 is 1.93 bits per heavy atom. The van der Waals surface area contributed by atoms with Gasteiger partial charge in [0.2, 0.25) is 0 Å². The number of amides is 1. The first-order chi connectivity index (χ1) is 13.0. The molecule has 0 aliphatic rings. The summed E-state index contributed by atoms with van der Waals surface area (Å²) < 4.78 is 6.41. The summed E-state index contributed by atoms with van der Waals surface area (Å²) in [5.74, 6) is 0.751. The predicted octanol–water partition coefficient (Wildman–Crippen LogP) is 5.25. The van der Waals surface area contributed by atoms with Gasteiger partial charge in [0.1, 0.15) is 5.75 Å². The Kier molecular flexibility index (Phi) is 6.24. The van der Waals surface area contributed by atoms with Gasteiger partial charge in [0.15, 0.2) is 6.61 Å². The minimum Gasteiger partial charge on any atom is -0.483 e. The number of rotatable bonds is 6. The Morgan fingerprint density at radius 3 is 2.70 bits per heavy atom. The number of halogens is 1. The van der Waals surface area contributed by atoms with Crippen molar-refractivity contribution in [2.75, 3.05) is 6.61 Å². The quantitative estimate of drug-likeness (QED) is 0.433. The van der Waals surface area contributed by atoms with Gasteiger partial charge < -0.3 is 4.74 Å².